The second kappa shape index (κ2) is 8.23. The van der Waals surface area contributed by atoms with E-state index in [0.29, 0.717) is 6.54 Å². The Kier molecular flexibility index (Phi) is 5.94. The molecule has 1 aliphatic rings. The van der Waals surface area contributed by atoms with E-state index >= 15 is 0 Å². The van der Waals surface area contributed by atoms with Gasteiger partial charge in [-0.25, -0.2) is 4.79 Å². The number of nitrogens with one attached hydrogen (secondary N) is 2. The number of hydrogen-bond acceptors (Lipinski definition) is 3. The first-order chi connectivity index (χ1) is 13.3. The van der Waals surface area contributed by atoms with Crippen LogP contribution in [0.25, 0.3) is 11.1 Å². The van der Waals surface area contributed by atoms with Crippen molar-refractivity contribution in [2.45, 2.75) is 45.8 Å². The van der Waals surface area contributed by atoms with E-state index in [1.807, 2.05) is 44.9 Å². The molecule has 0 atom stereocenters. The molecular formula is C23H31N3O2. The third-order valence-electron chi connectivity index (χ3n) is 5.03. The maximum atomic E-state index is 12.7. The van der Waals surface area contributed by atoms with Gasteiger partial charge in [0.2, 0.25) is 0 Å². The number of carbonyl (C=O) groups excluding carboxylic acids is 1. The van der Waals surface area contributed by atoms with Crippen LogP contribution in [-0.2, 0) is 19.5 Å². The normalized spacial score (nSPS) is 13.8. The molecule has 1 aliphatic heterocycles. The first kappa shape index (κ1) is 20.2. The molecule has 150 valence electrons. The van der Waals surface area contributed by atoms with Crippen LogP contribution in [0.4, 0.5) is 4.79 Å². The fourth-order valence-corrected chi connectivity index (χ4v) is 3.73. The van der Waals surface area contributed by atoms with Crippen molar-refractivity contribution in [3.05, 3.63) is 53.1 Å². The van der Waals surface area contributed by atoms with Crippen LogP contribution < -0.4 is 15.4 Å². The van der Waals surface area contributed by atoms with Gasteiger partial charge in [0.05, 0.1) is 7.11 Å². The third kappa shape index (κ3) is 4.47. The average Bonchev–Trinajstić information content (AvgIpc) is 2.66. The summed E-state index contributed by atoms with van der Waals surface area (Å²) in [7, 11) is 3.64. The quantitative estimate of drug-likeness (QED) is 0.843. The van der Waals surface area contributed by atoms with E-state index in [-0.39, 0.29) is 11.6 Å². The molecule has 2 aromatic carbocycles. The molecular weight excluding hydrogens is 350 g/mol. The lowest BCUT2D eigenvalue weighted by atomic mass is 9.87. The maximum absolute atomic E-state index is 12.7. The van der Waals surface area contributed by atoms with Crippen molar-refractivity contribution in [2.24, 2.45) is 0 Å². The van der Waals surface area contributed by atoms with Gasteiger partial charge in [0.25, 0.3) is 0 Å². The van der Waals surface area contributed by atoms with Crippen molar-refractivity contribution in [2.75, 3.05) is 20.7 Å². The molecule has 5 heteroatoms. The zero-order chi connectivity index (χ0) is 20.3. The fraction of sp³-hybridized carbons (Fsp3) is 0.435. The Bertz CT molecular complexity index is 855. The summed E-state index contributed by atoms with van der Waals surface area (Å²) < 4.78 is 5.41. The Morgan fingerprint density at radius 3 is 2.64 bits per heavy atom. The van der Waals surface area contributed by atoms with Gasteiger partial charge in [0, 0.05) is 25.2 Å². The van der Waals surface area contributed by atoms with Crippen molar-refractivity contribution in [1.29, 1.82) is 0 Å². The monoisotopic (exact) mass is 381 g/mol. The molecule has 0 spiro atoms. The number of benzene rings is 2. The second-order valence-electron chi connectivity index (χ2n) is 8.34. The van der Waals surface area contributed by atoms with Crippen molar-refractivity contribution < 1.29 is 9.53 Å². The van der Waals surface area contributed by atoms with Gasteiger partial charge in [-0.15, -0.1) is 0 Å². The van der Waals surface area contributed by atoms with E-state index in [1.165, 1.54) is 22.3 Å². The van der Waals surface area contributed by atoms with Crippen LogP contribution in [-0.4, -0.2) is 37.2 Å². The van der Waals surface area contributed by atoms with E-state index < -0.39 is 0 Å². The lowest BCUT2D eigenvalue weighted by molar-refractivity contribution is 0.183. The number of urea groups is 1. The molecule has 0 aromatic heterocycles. The van der Waals surface area contributed by atoms with Crippen LogP contribution in [0.15, 0.2) is 36.4 Å². The second-order valence-corrected chi connectivity index (χ2v) is 8.34. The summed E-state index contributed by atoms with van der Waals surface area (Å²) in [4.78, 5) is 14.6. The molecule has 2 amide bonds. The first-order valence-corrected chi connectivity index (χ1v) is 9.82. The summed E-state index contributed by atoms with van der Waals surface area (Å²) in [6.45, 7) is 8.17. The zero-order valence-corrected chi connectivity index (χ0v) is 17.6. The predicted molar refractivity (Wildman–Crippen MR) is 114 cm³/mol. The Balaban J connectivity index is 1.98. The molecule has 0 radical (unpaired) electrons. The average molecular weight is 382 g/mol. The smallest absolute Gasteiger partial charge is 0.318 e. The number of ether oxygens (including phenoxy) is 1. The highest BCUT2D eigenvalue weighted by Gasteiger charge is 2.27. The summed E-state index contributed by atoms with van der Waals surface area (Å²) in [5.41, 5.74) is 5.97. The molecule has 2 aromatic rings. The predicted octanol–water partition coefficient (Wildman–Crippen LogP) is 3.95. The number of nitrogens with zero attached hydrogens (tertiary/aromatic N) is 1. The molecule has 0 unspecified atom stereocenters. The highest BCUT2D eigenvalue weighted by atomic mass is 16.5. The summed E-state index contributed by atoms with van der Waals surface area (Å²) in [5.74, 6) is 0.854. The van der Waals surface area contributed by atoms with Crippen LogP contribution in [0.5, 0.6) is 5.75 Å². The number of fused-ring (bicyclic) bond motifs is 1. The van der Waals surface area contributed by atoms with Gasteiger partial charge >= 0.3 is 6.03 Å². The molecule has 0 saturated carbocycles. The molecule has 1 heterocycles. The van der Waals surface area contributed by atoms with Gasteiger partial charge in [-0.1, -0.05) is 24.3 Å². The Hall–Kier alpha value is -2.53. The lowest BCUT2D eigenvalue weighted by Crippen LogP contribution is -2.50. The van der Waals surface area contributed by atoms with Gasteiger partial charge < -0.3 is 20.3 Å². The zero-order valence-electron chi connectivity index (χ0n) is 17.6. The third-order valence-corrected chi connectivity index (χ3v) is 5.03. The summed E-state index contributed by atoms with van der Waals surface area (Å²) >= 11 is 0. The molecule has 3 rings (SSSR count). The van der Waals surface area contributed by atoms with E-state index in [1.54, 1.807) is 7.11 Å². The standard InChI is InChI=1S/C23H31N3O2/c1-23(2,3)25-22(27)26-12-11-20-19(16-7-6-8-18(13-16)28-5)10-9-17(14-24-4)21(20)15-26/h6-10,13,24H,11-12,14-15H2,1-5H3,(H,25,27). The highest BCUT2D eigenvalue weighted by Crippen LogP contribution is 2.34. The van der Waals surface area contributed by atoms with Crippen LogP contribution >= 0.6 is 0 Å². The number of amides is 2. The minimum absolute atomic E-state index is 0.000316. The van der Waals surface area contributed by atoms with Crippen molar-refractivity contribution in [1.82, 2.24) is 15.5 Å². The van der Waals surface area contributed by atoms with Gasteiger partial charge in [0.15, 0.2) is 0 Å². The first-order valence-electron chi connectivity index (χ1n) is 9.82. The Morgan fingerprint density at radius 1 is 1.18 bits per heavy atom. The topological polar surface area (TPSA) is 53.6 Å². The number of methoxy groups -OCH3 is 1. The summed E-state index contributed by atoms with van der Waals surface area (Å²) in [6, 6.07) is 12.6. The van der Waals surface area contributed by atoms with Crippen molar-refractivity contribution >= 4 is 6.03 Å². The van der Waals surface area contributed by atoms with E-state index in [9.17, 15) is 4.79 Å². The number of carbonyl (C=O) groups is 1. The largest absolute Gasteiger partial charge is 0.497 e. The van der Waals surface area contributed by atoms with Gasteiger partial charge in [-0.05, 0) is 74.2 Å². The maximum Gasteiger partial charge on any atom is 0.318 e. The minimum Gasteiger partial charge on any atom is -0.497 e. The van der Waals surface area contributed by atoms with Gasteiger partial charge in [-0.3, -0.25) is 0 Å². The van der Waals surface area contributed by atoms with Crippen molar-refractivity contribution in [3.63, 3.8) is 0 Å². The molecule has 28 heavy (non-hydrogen) atoms. The van der Waals surface area contributed by atoms with Gasteiger partial charge in [-0.2, -0.15) is 0 Å². The highest BCUT2D eigenvalue weighted by molar-refractivity contribution is 5.77. The Labute approximate surface area is 168 Å². The van der Waals surface area contributed by atoms with Crippen LogP contribution in [0.2, 0.25) is 0 Å². The Morgan fingerprint density at radius 2 is 1.96 bits per heavy atom. The molecule has 0 bridgehead atoms. The summed E-state index contributed by atoms with van der Waals surface area (Å²) in [6.07, 6.45) is 0.844. The fourth-order valence-electron chi connectivity index (χ4n) is 3.73. The van der Waals surface area contributed by atoms with Gasteiger partial charge in [0.1, 0.15) is 5.75 Å². The van der Waals surface area contributed by atoms with E-state index in [0.717, 1.165) is 30.8 Å². The van der Waals surface area contributed by atoms with Crippen LogP contribution in [0.1, 0.15) is 37.5 Å². The van der Waals surface area contributed by atoms with E-state index in [4.69, 9.17) is 4.74 Å². The number of hydrogen-bond donors (Lipinski definition) is 2. The number of rotatable bonds is 4. The van der Waals surface area contributed by atoms with Crippen LogP contribution in [0, 0.1) is 0 Å². The van der Waals surface area contributed by atoms with E-state index in [2.05, 4.69) is 34.9 Å². The minimum atomic E-state index is -0.242. The molecule has 0 fully saturated rings. The molecule has 0 aliphatic carbocycles. The lowest BCUT2D eigenvalue weighted by Gasteiger charge is -2.34. The van der Waals surface area contributed by atoms with Crippen molar-refractivity contribution in [3.8, 4) is 16.9 Å². The summed E-state index contributed by atoms with van der Waals surface area (Å²) in [5, 5.41) is 6.34. The van der Waals surface area contributed by atoms with Crippen LogP contribution in [0.3, 0.4) is 0 Å². The molecule has 5 nitrogen and oxygen atoms in total. The molecule has 0 saturated heterocycles. The SMILES string of the molecule is CNCc1ccc(-c2cccc(OC)c2)c2c1CN(C(=O)NC(C)(C)C)CC2. The molecule has 2 N–H and O–H groups in total.